The van der Waals surface area contributed by atoms with E-state index in [0.717, 1.165) is 24.5 Å². The molecule has 2 fully saturated rings. The summed E-state index contributed by atoms with van der Waals surface area (Å²) < 4.78 is 5.19. The number of benzene rings is 1. The smallest absolute Gasteiger partial charge is 0.242 e. The molecular weight excluding hydrogens is 358 g/mol. The highest BCUT2D eigenvalue weighted by atomic mass is 16.5. The molecule has 3 amide bonds. The summed E-state index contributed by atoms with van der Waals surface area (Å²) >= 11 is 0. The highest BCUT2D eigenvalue weighted by Gasteiger charge is 2.47. The first-order chi connectivity index (χ1) is 13.6. The van der Waals surface area contributed by atoms with E-state index in [4.69, 9.17) is 4.74 Å². The Bertz CT molecular complexity index is 770. The van der Waals surface area contributed by atoms with Gasteiger partial charge in [0, 0.05) is 31.9 Å². The fourth-order valence-electron chi connectivity index (χ4n) is 4.27. The number of ether oxygens (including phenoxy) is 1. The SMILES string of the molecule is COc1ccc(N2CCN(C(=O)CN3C(=O)[C@H]4CC=CC[C@@H]4C3=O)CC2)cc1. The summed E-state index contributed by atoms with van der Waals surface area (Å²) in [5.41, 5.74) is 1.09. The van der Waals surface area contributed by atoms with Crippen molar-refractivity contribution in [1.29, 1.82) is 0 Å². The van der Waals surface area contributed by atoms with Gasteiger partial charge in [-0.05, 0) is 37.1 Å². The molecule has 3 aliphatic rings. The zero-order valence-electron chi connectivity index (χ0n) is 16.0. The van der Waals surface area contributed by atoms with E-state index in [0.29, 0.717) is 25.9 Å². The van der Waals surface area contributed by atoms with Crippen molar-refractivity contribution in [1.82, 2.24) is 9.80 Å². The van der Waals surface area contributed by atoms with E-state index >= 15 is 0 Å². The Morgan fingerprint density at radius 2 is 1.54 bits per heavy atom. The fourth-order valence-corrected chi connectivity index (χ4v) is 4.27. The van der Waals surface area contributed by atoms with Crippen molar-refractivity contribution < 1.29 is 19.1 Å². The molecule has 2 aliphatic heterocycles. The predicted octanol–water partition coefficient (Wildman–Crippen LogP) is 1.29. The summed E-state index contributed by atoms with van der Waals surface area (Å²) in [7, 11) is 1.64. The summed E-state index contributed by atoms with van der Waals surface area (Å²) in [5.74, 6) is -0.278. The molecule has 0 spiro atoms. The highest BCUT2D eigenvalue weighted by molar-refractivity contribution is 6.07. The second-order valence-corrected chi connectivity index (χ2v) is 7.48. The molecule has 4 rings (SSSR count). The summed E-state index contributed by atoms with van der Waals surface area (Å²) in [5, 5.41) is 0. The number of hydrogen-bond acceptors (Lipinski definition) is 5. The van der Waals surface area contributed by atoms with Crippen LogP contribution in [-0.4, -0.2) is 67.4 Å². The van der Waals surface area contributed by atoms with Gasteiger partial charge in [-0.1, -0.05) is 12.2 Å². The molecule has 2 saturated heterocycles. The van der Waals surface area contributed by atoms with Gasteiger partial charge >= 0.3 is 0 Å². The Kier molecular flexibility index (Phi) is 5.07. The first-order valence-corrected chi connectivity index (χ1v) is 9.75. The number of anilines is 1. The first kappa shape index (κ1) is 18.5. The van der Waals surface area contributed by atoms with Crippen molar-refractivity contribution >= 4 is 23.4 Å². The first-order valence-electron chi connectivity index (χ1n) is 9.75. The number of carbonyl (C=O) groups excluding carboxylic acids is 3. The normalized spacial score (nSPS) is 24.5. The topological polar surface area (TPSA) is 70.2 Å². The standard InChI is InChI=1S/C21H25N3O4/c1-28-16-8-6-15(7-9-16)22-10-12-23(13-11-22)19(25)14-24-20(26)17-4-2-3-5-18(17)21(24)27/h2-3,6-9,17-18H,4-5,10-14H2,1H3/t17-,18-/m0/s1. The molecule has 0 saturated carbocycles. The number of methoxy groups -OCH3 is 1. The maximum Gasteiger partial charge on any atom is 0.242 e. The van der Waals surface area contributed by atoms with E-state index in [2.05, 4.69) is 4.90 Å². The highest BCUT2D eigenvalue weighted by Crippen LogP contribution is 2.35. The molecule has 148 valence electrons. The van der Waals surface area contributed by atoms with Gasteiger partial charge < -0.3 is 14.5 Å². The van der Waals surface area contributed by atoms with Gasteiger partial charge in [0.05, 0.1) is 18.9 Å². The van der Waals surface area contributed by atoms with Gasteiger partial charge in [-0.25, -0.2) is 0 Å². The van der Waals surface area contributed by atoms with Gasteiger partial charge in [-0.15, -0.1) is 0 Å². The van der Waals surface area contributed by atoms with E-state index in [1.807, 2.05) is 36.4 Å². The number of imide groups is 1. The minimum absolute atomic E-state index is 0.132. The number of likely N-dealkylation sites (tertiary alicyclic amines) is 1. The van der Waals surface area contributed by atoms with E-state index in [1.54, 1.807) is 12.0 Å². The molecule has 0 N–H and O–H groups in total. The van der Waals surface area contributed by atoms with Crippen LogP contribution in [0.3, 0.4) is 0 Å². The van der Waals surface area contributed by atoms with Crippen molar-refractivity contribution in [2.45, 2.75) is 12.8 Å². The van der Waals surface area contributed by atoms with E-state index in [1.165, 1.54) is 4.90 Å². The van der Waals surface area contributed by atoms with Crippen LogP contribution in [0.4, 0.5) is 5.69 Å². The van der Waals surface area contributed by atoms with Crippen LogP contribution < -0.4 is 9.64 Å². The lowest BCUT2D eigenvalue weighted by Crippen LogP contribution is -2.52. The van der Waals surface area contributed by atoms with E-state index in [-0.39, 0.29) is 36.1 Å². The lowest BCUT2D eigenvalue weighted by atomic mass is 9.85. The van der Waals surface area contributed by atoms with Crippen molar-refractivity contribution in [2.75, 3.05) is 44.7 Å². The van der Waals surface area contributed by atoms with Gasteiger partial charge in [-0.3, -0.25) is 19.3 Å². The van der Waals surface area contributed by atoms with Crippen LogP contribution in [0.15, 0.2) is 36.4 Å². The third-order valence-electron chi connectivity index (χ3n) is 5.96. The largest absolute Gasteiger partial charge is 0.497 e. The molecule has 0 bridgehead atoms. The van der Waals surface area contributed by atoms with Crippen LogP contribution in [-0.2, 0) is 14.4 Å². The van der Waals surface area contributed by atoms with Gasteiger partial charge in [0.2, 0.25) is 17.7 Å². The lowest BCUT2D eigenvalue weighted by molar-refractivity contribution is -0.146. The Hall–Kier alpha value is -2.83. The second kappa shape index (κ2) is 7.66. The second-order valence-electron chi connectivity index (χ2n) is 7.48. The fraction of sp³-hybridized carbons (Fsp3) is 0.476. The predicted molar refractivity (Wildman–Crippen MR) is 104 cm³/mol. The number of piperazine rings is 1. The third-order valence-corrected chi connectivity index (χ3v) is 5.96. The van der Waals surface area contributed by atoms with E-state index < -0.39 is 0 Å². The molecular formula is C21H25N3O4. The lowest BCUT2D eigenvalue weighted by Gasteiger charge is -2.36. The number of amides is 3. The Morgan fingerprint density at radius 3 is 2.07 bits per heavy atom. The Labute approximate surface area is 164 Å². The average Bonchev–Trinajstić information content (AvgIpc) is 2.99. The number of allylic oxidation sites excluding steroid dienone is 2. The van der Waals surface area contributed by atoms with Crippen LogP contribution in [0.25, 0.3) is 0 Å². The molecule has 0 radical (unpaired) electrons. The molecule has 1 aromatic carbocycles. The molecule has 1 aromatic rings. The maximum absolute atomic E-state index is 12.7. The summed E-state index contributed by atoms with van der Waals surface area (Å²) in [6.07, 6.45) is 5.10. The van der Waals surface area contributed by atoms with Crippen LogP contribution in [0, 0.1) is 11.8 Å². The molecule has 28 heavy (non-hydrogen) atoms. The maximum atomic E-state index is 12.7. The van der Waals surface area contributed by atoms with Crippen LogP contribution in [0.1, 0.15) is 12.8 Å². The van der Waals surface area contributed by atoms with Gasteiger partial charge in [0.25, 0.3) is 0 Å². The van der Waals surface area contributed by atoms with Gasteiger partial charge in [-0.2, -0.15) is 0 Å². The summed E-state index contributed by atoms with van der Waals surface area (Å²) in [6, 6.07) is 7.86. The van der Waals surface area contributed by atoms with Crippen LogP contribution in [0.5, 0.6) is 5.75 Å². The number of nitrogens with zero attached hydrogens (tertiary/aromatic N) is 3. The molecule has 7 nitrogen and oxygen atoms in total. The molecule has 7 heteroatoms. The van der Waals surface area contributed by atoms with Crippen molar-refractivity contribution in [3.05, 3.63) is 36.4 Å². The average molecular weight is 383 g/mol. The van der Waals surface area contributed by atoms with Crippen molar-refractivity contribution in [3.8, 4) is 5.75 Å². The molecule has 0 unspecified atom stereocenters. The number of hydrogen-bond donors (Lipinski definition) is 0. The molecule has 2 heterocycles. The zero-order valence-corrected chi connectivity index (χ0v) is 16.0. The zero-order chi connectivity index (χ0) is 19.7. The molecule has 1 aliphatic carbocycles. The Balaban J connectivity index is 1.33. The van der Waals surface area contributed by atoms with Crippen molar-refractivity contribution in [2.24, 2.45) is 11.8 Å². The van der Waals surface area contributed by atoms with Gasteiger partial charge in [0.1, 0.15) is 12.3 Å². The molecule has 2 atom stereocenters. The minimum atomic E-state index is -0.280. The van der Waals surface area contributed by atoms with Crippen LogP contribution >= 0.6 is 0 Å². The molecule has 0 aromatic heterocycles. The van der Waals surface area contributed by atoms with Crippen LogP contribution in [0.2, 0.25) is 0 Å². The monoisotopic (exact) mass is 383 g/mol. The quantitative estimate of drug-likeness (QED) is 0.579. The summed E-state index contributed by atoms with van der Waals surface area (Å²) in [6.45, 7) is 2.46. The van der Waals surface area contributed by atoms with Gasteiger partial charge in [0.15, 0.2) is 0 Å². The minimum Gasteiger partial charge on any atom is -0.497 e. The third kappa shape index (κ3) is 3.37. The number of rotatable bonds is 4. The number of carbonyl (C=O) groups is 3. The Morgan fingerprint density at radius 1 is 0.964 bits per heavy atom. The summed E-state index contributed by atoms with van der Waals surface area (Å²) in [4.78, 5) is 42.9. The van der Waals surface area contributed by atoms with Crippen molar-refractivity contribution in [3.63, 3.8) is 0 Å². The number of fused-ring (bicyclic) bond motifs is 1. The van der Waals surface area contributed by atoms with E-state index in [9.17, 15) is 14.4 Å².